The first-order valence-electron chi connectivity index (χ1n) is 10.00. The molecule has 1 aliphatic heterocycles. The lowest BCUT2D eigenvalue weighted by atomic mass is 9.97. The quantitative estimate of drug-likeness (QED) is 0.608. The Morgan fingerprint density at radius 1 is 1.19 bits per heavy atom. The number of halogens is 1. The van der Waals surface area contributed by atoms with Gasteiger partial charge in [-0.1, -0.05) is 28.9 Å². The molecule has 0 saturated carbocycles. The van der Waals surface area contributed by atoms with Crippen molar-refractivity contribution in [2.45, 2.75) is 19.4 Å². The fraction of sp³-hybridized carbons (Fsp3) is 0.273. The van der Waals surface area contributed by atoms with Gasteiger partial charge in [-0.2, -0.15) is 4.98 Å². The molecule has 1 atom stereocenters. The minimum Gasteiger partial charge on any atom is -0.366 e. The molecular formula is C22H22ClN5O3. The Kier molecular flexibility index (Phi) is 6.29. The average molecular weight is 440 g/mol. The number of para-hydroxylation sites is 1. The van der Waals surface area contributed by atoms with Crippen LogP contribution in [0.4, 0.5) is 5.69 Å². The van der Waals surface area contributed by atoms with Gasteiger partial charge in [0, 0.05) is 17.1 Å². The van der Waals surface area contributed by atoms with Gasteiger partial charge in [-0.3, -0.25) is 14.5 Å². The summed E-state index contributed by atoms with van der Waals surface area (Å²) in [4.78, 5) is 31.0. The third-order valence-corrected chi connectivity index (χ3v) is 5.51. The Bertz CT molecular complexity index is 1080. The van der Waals surface area contributed by atoms with E-state index in [2.05, 4.69) is 20.4 Å². The number of carbonyl (C=O) groups is 2. The molecule has 0 spiro atoms. The second-order valence-corrected chi connectivity index (χ2v) is 7.93. The topological polar surface area (TPSA) is 114 Å². The predicted molar refractivity (Wildman–Crippen MR) is 116 cm³/mol. The number of likely N-dealkylation sites (tertiary alicyclic amines) is 1. The van der Waals surface area contributed by atoms with Gasteiger partial charge in [0.15, 0.2) is 0 Å². The number of nitrogens with one attached hydrogen (secondary N) is 1. The molecule has 2 amide bonds. The van der Waals surface area contributed by atoms with E-state index in [9.17, 15) is 9.59 Å². The maximum atomic E-state index is 12.8. The van der Waals surface area contributed by atoms with Crippen molar-refractivity contribution in [1.29, 1.82) is 0 Å². The molecular weight excluding hydrogens is 418 g/mol. The number of hydrogen-bond donors (Lipinski definition) is 2. The van der Waals surface area contributed by atoms with Crippen molar-refractivity contribution >= 4 is 29.1 Å². The summed E-state index contributed by atoms with van der Waals surface area (Å²) in [5, 5.41) is 7.53. The van der Waals surface area contributed by atoms with Crippen molar-refractivity contribution in [3.8, 4) is 11.4 Å². The van der Waals surface area contributed by atoms with Crippen LogP contribution in [0.2, 0.25) is 5.02 Å². The Morgan fingerprint density at radius 3 is 2.74 bits per heavy atom. The van der Waals surface area contributed by atoms with Crippen LogP contribution in [0.15, 0.2) is 53.1 Å². The number of carbonyl (C=O) groups excluding carboxylic acids is 2. The van der Waals surface area contributed by atoms with Gasteiger partial charge in [0.1, 0.15) is 0 Å². The minimum absolute atomic E-state index is 0.134. The van der Waals surface area contributed by atoms with E-state index in [0.29, 0.717) is 41.1 Å². The molecule has 1 aromatic heterocycles. The summed E-state index contributed by atoms with van der Waals surface area (Å²) in [7, 11) is 0. The fourth-order valence-electron chi connectivity index (χ4n) is 3.68. The van der Waals surface area contributed by atoms with E-state index in [1.54, 1.807) is 36.4 Å². The van der Waals surface area contributed by atoms with Gasteiger partial charge in [0.25, 0.3) is 5.91 Å². The Labute approximate surface area is 184 Å². The predicted octanol–water partition coefficient (Wildman–Crippen LogP) is 3.34. The fourth-order valence-corrected chi connectivity index (χ4v) is 3.81. The van der Waals surface area contributed by atoms with Crippen molar-refractivity contribution in [1.82, 2.24) is 15.0 Å². The number of nitrogens with two attached hydrogens (primary N) is 1. The molecule has 0 bridgehead atoms. The highest BCUT2D eigenvalue weighted by molar-refractivity contribution is 6.30. The molecule has 1 saturated heterocycles. The van der Waals surface area contributed by atoms with E-state index >= 15 is 0 Å². The van der Waals surface area contributed by atoms with Gasteiger partial charge in [-0.15, -0.1) is 0 Å². The zero-order chi connectivity index (χ0) is 21.8. The van der Waals surface area contributed by atoms with E-state index in [1.807, 2.05) is 12.1 Å². The Morgan fingerprint density at radius 2 is 1.97 bits per heavy atom. The number of hydrogen-bond acceptors (Lipinski definition) is 6. The zero-order valence-electron chi connectivity index (χ0n) is 16.8. The highest BCUT2D eigenvalue weighted by Gasteiger charge is 2.27. The highest BCUT2D eigenvalue weighted by Crippen LogP contribution is 2.23. The second kappa shape index (κ2) is 9.28. The first-order valence-corrected chi connectivity index (χ1v) is 10.4. The maximum absolute atomic E-state index is 12.8. The maximum Gasteiger partial charge on any atom is 0.250 e. The number of nitrogens with zero attached hydrogens (tertiary/aromatic N) is 3. The molecule has 31 heavy (non-hydrogen) atoms. The van der Waals surface area contributed by atoms with Gasteiger partial charge in [-0.25, -0.2) is 0 Å². The van der Waals surface area contributed by atoms with E-state index in [-0.39, 0.29) is 11.8 Å². The summed E-state index contributed by atoms with van der Waals surface area (Å²) < 4.78 is 5.40. The molecule has 0 radical (unpaired) electrons. The monoisotopic (exact) mass is 439 g/mol. The lowest BCUT2D eigenvalue weighted by Crippen LogP contribution is -2.40. The van der Waals surface area contributed by atoms with Gasteiger partial charge < -0.3 is 15.6 Å². The zero-order valence-corrected chi connectivity index (χ0v) is 17.5. The molecule has 3 N–H and O–H groups in total. The average Bonchev–Trinajstić information content (AvgIpc) is 3.23. The molecule has 160 valence electrons. The Balaban J connectivity index is 1.38. The van der Waals surface area contributed by atoms with Gasteiger partial charge in [-0.05, 0) is 55.8 Å². The molecule has 0 aliphatic carbocycles. The van der Waals surface area contributed by atoms with Crippen LogP contribution in [0.1, 0.15) is 29.1 Å². The molecule has 8 nitrogen and oxygen atoms in total. The summed E-state index contributed by atoms with van der Waals surface area (Å²) in [5.41, 5.74) is 6.95. The molecule has 1 aliphatic rings. The minimum atomic E-state index is -0.575. The normalized spacial score (nSPS) is 16.7. The van der Waals surface area contributed by atoms with Crippen molar-refractivity contribution in [3.05, 3.63) is 65.0 Å². The Hall–Kier alpha value is -3.23. The summed E-state index contributed by atoms with van der Waals surface area (Å²) in [6.07, 6.45) is 1.63. The van der Waals surface area contributed by atoms with Crippen LogP contribution < -0.4 is 11.1 Å². The van der Waals surface area contributed by atoms with Gasteiger partial charge >= 0.3 is 0 Å². The molecule has 4 rings (SSSR count). The van der Waals surface area contributed by atoms with Crippen molar-refractivity contribution < 1.29 is 14.1 Å². The van der Waals surface area contributed by atoms with Crippen LogP contribution in [-0.2, 0) is 11.3 Å². The third kappa shape index (κ3) is 5.10. The largest absolute Gasteiger partial charge is 0.366 e. The molecule has 1 unspecified atom stereocenters. The number of anilines is 1. The van der Waals surface area contributed by atoms with Gasteiger partial charge in [0.05, 0.1) is 23.7 Å². The van der Waals surface area contributed by atoms with Crippen LogP contribution in [0, 0.1) is 5.92 Å². The van der Waals surface area contributed by atoms with Crippen LogP contribution in [-0.4, -0.2) is 39.9 Å². The molecule has 2 heterocycles. The van der Waals surface area contributed by atoms with E-state index in [1.165, 1.54) is 0 Å². The first-order chi connectivity index (χ1) is 15.0. The summed E-state index contributed by atoms with van der Waals surface area (Å²) in [6.45, 7) is 1.85. The smallest absolute Gasteiger partial charge is 0.250 e. The van der Waals surface area contributed by atoms with Gasteiger partial charge in [0.2, 0.25) is 17.6 Å². The second-order valence-electron chi connectivity index (χ2n) is 7.49. The van der Waals surface area contributed by atoms with E-state index in [4.69, 9.17) is 21.9 Å². The number of benzene rings is 2. The number of rotatable bonds is 6. The van der Waals surface area contributed by atoms with Crippen molar-refractivity contribution in [2.75, 3.05) is 18.4 Å². The number of amides is 2. The lowest BCUT2D eigenvalue weighted by molar-refractivity contribution is -0.121. The van der Waals surface area contributed by atoms with Crippen molar-refractivity contribution in [2.24, 2.45) is 11.7 Å². The number of primary amides is 1. The van der Waals surface area contributed by atoms with Crippen LogP contribution in [0.3, 0.4) is 0 Å². The standard InChI is InChI=1S/C22H22ClN5O3/c23-16-9-7-14(8-10-16)21-26-19(31-27-21)13-28-11-3-4-15(12-28)22(30)25-18-6-2-1-5-17(18)20(24)29/h1-2,5-10,15H,3-4,11-13H2,(H2,24,29)(H,25,30). The van der Waals surface area contributed by atoms with E-state index < -0.39 is 5.91 Å². The highest BCUT2D eigenvalue weighted by atomic mass is 35.5. The number of piperidine rings is 1. The van der Waals surface area contributed by atoms with E-state index in [0.717, 1.165) is 24.9 Å². The van der Waals surface area contributed by atoms with Crippen LogP contribution in [0.5, 0.6) is 0 Å². The molecule has 3 aromatic rings. The molecule has 1 fully saturated rings. The van der Waals surface area contributed by atoms with Crippen LogP contribution >= 0.6 is 11.6 Å². The third-order valence-electron chi connectivity index (χ3n) is 5.26. The summed E-state index contributed by atoms with van der Waals surface area (Å²) >= 11 is 5.92. The molecule has 2 aromatic carbocycles. The SMILES string of the molecule is NC(=O)c1ccccc1NC(=O)C1CCCN(Cc2nc(-c3ccc(Cl)cc3)no2)C1. The number of aromatic nitrogens is 2. The summed E-state index contributed by atoms with van der Waals surface area (Å²) in [6, 6.07) is 14.0. The molecule has 9 heteroatoms. The first kappa shape index (κ1) is 21.0. The van der Waals surface area contributed by atoms with Crippen LogP contribution in [0.25, 0.3) is 11.4 Å². The lowest BCUT2D eigenvalue weighted by Gasteiger charge is -2.31. The summed E-state index contributed by atoms with van der Waals surface area (Å²) in [5.74, 6) is 0.0688. The van der Waals surface area contributed by atoms with Crippen molar-refractivity contribution in [3.63, 3.8) is 0 Å².